The number of amides is 2. The number of aliphatic hydroxyl groups is 1. The minimum absolute atomic E-state index is 0.154. The topological polar surface area (TPSA) is 101 Å². The molecule has 2 bridgehead atoms. The molecule has 2 amide bonds. The van der Waals surface area contributed by atoms with Crippen molar-refractivity contribution in [2.45, 2.75) is 37.3 Å². The summed E-state index contributed by atoms with van der Waals surface area (Å²) in [7, 11) is 1.60. The van der Waals surface area contributed by atoms with Gasteiger partial charge in [0.15, 0.2) is 0 Å². The Kier molecular flexibility index (Phi) is 4.84. The maximum atomic E-state index is 14.7. The summed E-state index contributed by atoms with van der Waals surface area (Å²) >= 11 is 0. The maximum absolute atomic E-state index is 14.7. The third-order valence-corrected chi connectivity index (χ3v) is 5.62. The van der Waals surface area contributed by atoms with E-state index in [1.165, 1.54) is 11.0 Å². The monoisotopic (exact) mass is 396 g/mol. The first-order valence-electron chi connectivity index (χ1n) is 9.45. The Balaban J connectivity index is 1.69. The number of benzene rings is 1. The lowest BCUT2D eigenvalue weighted by molar-refractivity contribution is -0.117. The molecule has 0 saturated heterocycles. The Morgan fingerprint density at radius 3 is 2.97 bits per heavy atom. The highest BCUT2D eigenvalue weighted by Crippen LogP contribution is 2.52. The van der Waals surface area contributed by atoms with Crippen molar-refractivity contribution >= 4 is 12.3 Å². The number of nitrogens with zero attached hydrogens (tertiary/aromatic N) is 3. The predicted octanol–water partition coefficient (Wildman–Crippen LogP) is 1.41. The number of primary amides is 1. The van der Waals surface area contributed by atoms with Crippen LogP contribution in [0.2, 0.25) is 0 Å². The molecule has 3 N–H and O–H groups in total. The van der Waals surface area contributed by atoms with E-state index in [2.05, 4.69) is 16.8 Å². The van der Waals surface area contributed by atoms with Crippen LogP contribution in [0.15, 0.2) is 18.3 Å². The summed E-state index contributed by atoms with van der Waals surface area (Å²) in [4.78, 5) is 28.0. The fraction of sp³-hybridized carbons (Fsp3) is 0.381. The zero-order valence-corrected chi connectivity index (χ0v) is 15.9. The van der Waals surface area contributed by atoms with Gasteiger partial charge in [-0.2, -0.15) is 0 Å². The summed E-state index contributed by atoms with van der Waals surface area (Å²) in [6.45, 7) is 0.350. The molecule has 150 valence electrons. The number of carbonyl (C=O) groups excluding carboxylic acids is 2. The molecule has 1 fully saturated rings. The Morgan fingerprint density at radius 2 is 2.28 bits per heavy atom. The Morgan fingerprint density at radius 1 is 1.52 bits per heavy atom. The van der Waals surface area contributed by atoms with Gasteiger partial charge in [-0.05, 0) is 36.5 Å². The van der Waals surface area contributed by atoms with Crippen molar-refractivity contribution in [1.29, 1.82) is 0 Å². The SMILES string of the molecule is CN(C=O)CC[C@@H](O)C#Cc1cc2c(cc1F)C1CC(C1)n1cc(C(N)=O)nc1-2. The van der Waals surface area contributed by atoms with Gasteiger partial charge in [-0.25, -0.2) is 9.37 Å². The zero-order valence-electron chi connectivity index (χ0n) is 15.9. The molecule has 1 aromatic carbocycles. The summed E-state index contributed by atoms with van der Waals surface area (Å²) in [6, 6.07) is 3.34. The zero-order chi connectivity index (χ0) is 20.7. The van der Waals surface area contributed by atoms with Gasteiger partial charge in [-0.3, -0.25) is 9.59 Å². The molecule has 3 heterocycles. The molecule has 29 heavy (non-hydrogen) atoms. The van der Waals surface area contributed by atoms with E-state index in [0.29, 0.717) is 18.8 Å². The summed E-state index contributed by atoms with van der Waals surface area (Å²) in [5.41, 5.74) is 7.32. The predicted molar refractivity (Wildman–Crippen MR) is 103 cm³/mol. The number of aliphatic hydroxyl groups excluding tert-OH is 1. The van der Waals surface area contributed by atoms with Crippen LogP contribution in [0.3, 0.4) is 0 Å². The van der Waals surface area contributed by atoms with Crippen LogP contribution in [-0.2, 0) is 4.79 Å². The van der Waals surface area contributed by atoms with Gasteiger partial charge in [-0.1, -0.05) is 11.8 Å². The van der Waals surface area contributed by atoms with Crippen molar-refractivity contribution in [3.8, 4) is 23.2 Å². The van der Waals surface area contributed by atoms with Crippen LogP contribution >= 0.6 is 0 Å². The van der Waals surface area contributed by atoms with E-state index in [0.717, 1.165) is 24.0 Å². The van der Waals surface area contributed by atoms with E-state index in [-0.39, 0.29) is 29.6 Å². The van der Waals surface area contributed by atoms with Crippen LogP contribution in [0.4, 0.5) is 4.39 Å². The van der Waals surface area contributed by atoms with Crippen LogP contribution in [0.1, 0.15) is 52.8 Å². The minimum Gasteiger partial charge on any atom is -0.380 e. The summed E-state index contributed by atoms with van der Waals surface area (Å²) in [6.07, 6.45) is 3.34. The molecule has 0 spiro atoms. The number of rotatable bonds is 5. The van der Waals surface area contributed by atoms with Crippen LogP contribution in [-0.4, -0.2) is 51.6 Å². The first-order chi connectivity index (χ1) is 13.9. The van der Waals surface area contributed by atoms with Crippen molar-refractivity contribution in [2.75, 3.05) is 13.6 Å². The highest BCUT2D eigenvalue weighted by atomic mass is 19.1. The first kappa shape index (κ1) is 19.2. The summed E-state index contributed by atoms with van der Waals surface area (Å²) in [5.74, 6) is 5.12. The second-order valence-corrected chi connectivity index (χ2v) is 7.62. The van der Waals surface area contributed by atoms with E-state index in [9.17, 15) is 19.1 Å². The first-order valence-corrected chi connectivity index (χ1v) is 9.45. The van der Waals surface area contributed by atoms with Crippen LogP contribution in [0, 0.1) is 17.7 Å². The fourth-order valence-electron chi connectivity index (χ4n) is 3.89. The molecule has 0 unspecified atom stereocenters. The lowest BCUT2D eigenvalue weighted by Gasteiger charge is -2.34. The van der Waals surface area contributed by atoms with Gasteiger partial charge in [0.2, 0.25) is 6.41 Å². The highest BCUT2D eigenvalue weighted by Gasteiger charge is 2.39. The van der Waals surface area contributed by atoms with Gasteiger partial charge in [0.25, 0.3) is 5.91 Å². The average Bonchev–Trinajstić information content (AvgIpc) is 3.00. The van der Waals surface area contributed by atoms with E-state index >= 15 is 0 Å². The van der Waals surface area contributed by atoms with E-state index in [4.69, 9.17) is 5.73 Å². The molecule has 1 saturated carbocycles. The Labute approximate surface area is 167 Å². The molecule has 5 rings (SSSR count). The molecule has 1 aliphatic carbocycles. The van der Waals surface area contributed by atoms with Gasteiger partial charge >= 0.3 is 0 Å². The molecule has 2 aromatic rings. The van der Waals surface area contributed by atoms with Crippen LogP contribution < -0.4 is 5.73 Å². The quantitative estimate of drug-likeness (QED) is 0.589. The molecule has 1 aromatic heterocycles. The largest absolute Gasteiger partial charge is 0.380 e. The maximum Gasteiger partial charge on any atom is 0.268 e. The normalized spacial score (nSPS) is 19.6. The smallest absolute Gasteiger partial charge is 0.268 e. The van der Waals surface area contributed by atoms with Crippen molar-refractivity contribution in [3.63, 3.8) is 0 Å². The second kappa shape index (κ2) is 7.33. The minimum atomic E-state index is -0.980. The number of halogens is 1. The third kappa shape index (κ3) is 3.49. The van der Waals surface area contributed by atoms with Crippen LogP contribution in [0.5, 0.6) is 0 Å². The summed E-state index contributed by atoms with van der Waals surface area (Å²) < 4.78 is 16.6. The molecule has 0 radical (unpaired) electrons. The van der Waals surface area contributed by atoms with E-state index in [1.54, 1.807) is 19.3 Å². The number of nitrogens with two attached hydrogens (primary N) is 1. The van der Waals surface area contributed by atoms with Gasteiger partial charge in [0, 0.05) is 37.8 Å². The van der Waals surface area contributed by atoms with Gasteiger partial charge in [0.1, 0.15) is 23.4 Å². The standard InChI is InChI=1S/C21H21FN4O3/c1-25(11-27)5-4-15(28)3-2-12-8-17-16(9-18(12)22)13-6-14(7-13)26-10-19(20(23)29)24-21(17)26/h8-11,13-15,28H,4-7H2,1H3,(H2,23,29)/t13?,14?,15-/m0/s1. The molecule has 7 nitrogen and oxygen atoms in total. The van der Waals surface area contributed by atoms with Crippen molar-refractivity contribution in [3.05, 3.63) is 41.0 Å². The second-order valence-electron chi connectivity index (χ2n) is 7.62. The summed E-state index contributed by atoms with van der Waals surface area (Å²) in [5, 5.41) is 9.99. The highest BCUT2D eigenvalue weighted by molar-refractivity contribution is 5.91. The van der Waals surface area contributed by atoms with E-state index in [1.807, 2.05) is 4.57 Å². The van der Waals surface area contributed by atoms with Gasteiger partial charge in [-0.15, -0.1) is 0 Å². The molecule has 8 heteroatoms. The number of hydrogen-bond acceptors (Lipinski definition) is 4. The average molecular weight is 396 g/mol. The van der Waals surface area contributed by atoms with Crippen LogP contribution in [0.25, 0.3) is 11.4 Å². The van der Waals surface area contributed by atoms with E-state index < -0.39 is 17.8 Å². The molecular weight excluding hydrogens is 375 g/mol. The van der Waals surface area contributed by atoms with Crippen molar-refractivity contribution < 1.29 is 19.1 Å². The van der Waals surface area contributed by atoms with Crippen molar-refractivity contribution in [1.82, 2.24) is 14.5 Å². The number of aromatic nitrogens is 2. The van der Waals surface area contributed by atoms with Crippen molar-refractivity contribution in [2.24, 2.45) is 5.73 Å². The molecule has 1 atom stereocenters. The molecular formula is C21H21FN4O3. The third-order valence-electron chi connectivity index (χ3n) is 5.62. The number of carbonyl (C=O) groups is 2. The molecule has 3 aliphatic rings. The number of imidazole rings is 1. The lowest BCUT2D eigenvalue weighted by Crippen LogP contribution is -2.22. The Hall–Kier alpha value is -3.18. The van der Waals surface area contributed by atoms with Gasteiger partial charge < -0.3 is 20.3 Å². The lowest BCUT2D eigenvalue weighted by atomic mass is 9.75. The van der Waals surface area contributed by atoms with Gasteiger partial charge in [0.05, 0.1) is 5.56 Å². The fourth-order valence-corrected chi connectivity index (χ4v) is 3.89. The number of hydrogen-bond donors (Lipinski definition) is 2. The molecule has 2 aliphatic heterocycles. The Bertz CT molecular complexity index is 1050.